The van der Waals surface area contributed by atoms with Crippen LogP contribution in [0.4, 0.5) is 0 Å². The highest BCUT2D eigenvalue weighted by molar-refractivity contribution is 5.90. The van der Waals surface area contributed by atoms with Crippen LogP contribution in [0.2, 0.25) is 0 Å². The van der Waals surface area contributed by atoms with E-state index in [4.69, 9.17) is 9.47 Å². The van der Waals surface area contributed by atoms with E-state index in [1.807, 2.05) is 60.7 Å². The maximum absolute atomic E-state index is 11.4. The fourth-order valence-corrected chi connectivity index (χ4v) is 2.66. The molecule has 0 atom stereocenters. The Morgan fingerprint density at radius 2 is 1.35 bits per heavy atom. The highest BCUT2D eigenvalue weighted by atomic mass is 16.5. The first kappa shape index (κ1) is 17.5. The lowest BCUT2D eigenvalue weighted by Gasteiger charge is -2.16. The quantitative estimate of drug-likeness (QED) is 0.663. The molecule has 0 aliphatic carbocycles. The molecule has 0 fully saturated rings. The van der Waals surface area contributed by atoms with Crippen LogP contribution in [0.5, 0.6) is 11.5 Å². The number of carboxylic acids is 1. The van der Waals surface area contributed by atoms with E-state index in [2.05, 4.69) is 0 Å². The molecule has 3 aromatic carbocycles. The minimum Gasteiger partial charge on any atom is -0.485 e. The van der Waals surface area contributed by atoms with Crippen LogP contribution in [0.3, 0.4) is 0 Å². The van der Waals surface area contributed by atoms with Crippen molar-refractivity contribution in [3.05, 3.63) is 95.1 Å². The van der Waals surface area contributed by atoms with Crippen LogP contribution < -0.4 is 9.47 Å². The third-order valence-corrected chi connectivity index (χ3v) is 4.06. The van der Waals surface area contributed by atoms with E-state index in [1.165, 1.54) is 0 Å². The van der Waals surface area contributed by atoms with Crippen molar-refractivity contribution in [3.8, 4) is 11.5 Å². The average Bonchev–Trinajstić information content (AvgIpc) is 2.67. The van der Waals surface area contributed by atoms with Gasteiger partial charge in [0.2, 0.25) is 0 Å². The summed E-state index contributed by atoms with van der Waals surface area (Å²) < 4.78 is 11.9. The van der Waals surface area contributed by atoms with Gasteiger partial charge in [-0.05, 0) is 30.2 Å². The van der Waals surface area contributed by atoms with Gasteiger partial charge in [-0.1, -0.05) is 60.7 Å². The van der Waals surface area contributed by atoms with Crippen LogP contribution in [0.1, 0.15) is 27.0 Å². The van der Waals surface area contributed by atoms with Gasteiger partial charge in [-0.15, -0.1) is 0 Å². The molecule has 0 radical (unpaired) electrons. The van der Waals surface area contributed by atoms with E-state index in [-0.39, 0.29) is 5.56 Å². The first-order valence-electron chi connectivity index (χ1n) is 8.35. The fourth-order valence-electron chi connectivity index (χ4n) is 2.66. The van der Waals surface area contributed by atoms with Gasteiger partial charge in [0.15, 0.2) is 11.5 Å². The van der Waals surface area contributed by atoms with E-state index in [0.717, 1.165) is 11.1 Å². The standard InChI is InChI=1S/C22H20O4/c1-16-19(22(23)24)12-13-20(25-14-17-8-4-2-5-9-17)21(16)26-15-18-10-6-3-7-11-18/h2-13H,14-15H2,1H3,(H,23,24). The van der Waals surface area contributed by atoms with E-state index >= 15 is 0 Å². The molecular formula is C22H20O4. The third kappa shape index (κ3) is 4.22. The monoisotopic (exact) mass is 348 g/mol. The number of rotatable bonds is 7. The Hall–Kier alpha value is -3.27. The summed E-state index contributed by atoms with van der Waals surface area (Å²) >= 11 is 0. The molecule has 0 bridgehead atoms. The van der Waals surface area contributed by atoms with Crippen LogP contribution in [0, 0.1) is 6.92 Å². The fraction of sp³-hybridized carbons (Fsp3) is 0.136. The zero-order valence-electron chi connectivity index (χ0n) is 14.5. The lowest BCUT2D eigenvalue weighted by atomic mass is 10.1. The molecule has 26 heavy (non-hydrogen) atoms. The van der Waals surface area contributed by atoms with Crippen molar-refractivity contribution in [1.29, 1.82) is 0 Å². The predicted molar refractivity (Wildman–Crippen MR) is 99.7 cm³/mol. The lowest BCUT2D eigenvalue weighted by Crippen LogP contribution is -2.06. The number of carbonyl (C=O) groups is 1. The zero-order valence-corrected chi connectivity index (χ0v) is 14.5. The summed E-state index contributed by atoms with van der Waals surface area (Å²) in [5.74, 6) is 0.0126. The molecule has 4 nitrogen and oxygen atoms in total. The van der Waals surface area contributed by atoms with Gasteiger partial charge >= 0.3 is 5.97 Å². The second-order valence-electron chi connectivity index (χ2n) is 5.92. The van der Waals surface area contributed by atoms with Gasteiger partial charge in [-0.2, -0.15) is 0 Å². The molecule has 0 saturated heterocycles. The van der Waals surface area contributed by atoms with Gasteiger partial charge in [0.1, 0.15) is 13.2 Å². The molecule has 0 amide bonds. The number of carboxylic acid groups (broad SMARTS) is 1. The second-order valence-corrected chi connectivity index (χ2v) is 5.92. The Bertz CT molecular complexity index is 873. The molecule has 0 heterocycles. The molecule has 0 aliphatic heterocycles. The molecule has 0 aromatic heterocycles. The minimum atomic E-state index is -0.985. The summed E-state index contributed by atoms with van der Waals surface area (Å²) in [7, 11) is 0. The normalized spacial score (nSPS) is 10.3. The van der Waals surface area contributed by atoms with Crippen molar-refractivity contribution in [1.82, 2.24) is 0 Å². The Balaban J connectivity index is 1.84. The van der Waals surface area contributed by atoms with Crippen molar-refractivity contribution in [3.63, 3.8) is 0 Å². The number of hydrogen-bond acceptors (Lipinski definition) is 3. The zero-order chi connectivity index (χ0) is 18.4. The predicted octanol–water partition coefficient (Wildman–Crippen LogP) is 4.85. The van der Waals surface area contributed by atoms with Gasteiger partial charge in [0, 0.05) is 5.56 Å². The van der Waals surface area contributed by atoms with Crippen LogP contribution in [0.15, 0.2) is 72.8 Å². The highest BCUT2D eigenvalue weighted by Gasteiger charge is 2.17. The summed E-state index contributed by atoms with van der Waals surface area (Å²) in [6.07, 6.45) is 0. The van der Waals surface area contributed by atoms with E-state index in [9.17, 15) is 9.90 Å². The molecule has 0 unspecified atom stereocenters. The van der Waals surface area contributed by atoms with Crippen molar-refractivity contribution in [2.24, 2.45) is 0 Å². The van der Waals surface area contributed by atoms with Crippen LogP contribution in [-0.4, -0.2) is 11.1 Å². The van der Waals surface area contributed by atoms with Gasteiger partial charge in [-0.25, -0.2) is 4.79 Å². The molecule has 0 spiro atoms. The molecular weight excluding hydrogens is 328 g/mol. The summed E-state index contributed by atoms with van der Waals surface area (Å²) in [5, 5.41) is 9.38. The summed E-state index contributed by atoms with van der Waals surface area (Å²) in [4.78, 5) is 11.4. The smallest absolute Gasteiger partial charge is 0.336 e. The number of ether oxygens (including phenoxy) is 2. The summed E-state index contributed by atoms with van der Waals surface area (Å²) in [5.41, 5.74) is 2.79. The number of hydrogen-bond donors (Lipinski definition) is 1. The van der Waals surface area contributed by atoms with Crippen molar-refractivity contribution < 1.29 is 19.4 Å². The molecule has 4 heteroatoms. The lowest BCUT2D eigenvalue weighted by molar-refractivity contribution is 0.0695. The molecule has 1 N–H and O–H groups in total. The first-order chi connectivity index (χ1) is 12.6. The second kappa shape index (κ2) is 8.21. The topological polar surface area (TPSA) is 55.8 Å². The van der Waals surface area contributed by atoms with Crippen molar-refractivity contribution in [2.45, 2.75) is 20.1 Å². The van der Waals surface area contributed by atoms with Crippen molar-refractivity contribution >= 4 is 5.97 Å². The number of aromatic carboxylic acids is 1. The van der Waals surface area contributed by atoms with Crippen molar-refractivity contribution in [2.75, 3.05) is 0 Å². The number of benzene rings is 3. The Kier molecular flexibility index (Phi) is 5.54. The average molecular weight is 348 g/mol. The van der Waals surface area contributed by atoms with Gasteiger partial charge in [0.05, 0.1) is 5.56 Å². The molecule has 3 rings (SSSR count). The Labute approximate surface area is 152 Å². The largest absolute Gasteiger partial charge is 0.485 e. The highest BCUT2D eigenvalue weighted by Crippen LogP contribution is 2.34. The molecule has 0 saturated carbocycles. The van der Waals surface area contributed by atoms with Crippen LogP contribution in [-0.2, 0) is 13.2 Å². The molecule has 0 aliphatic rings. The van der Waals surface area contributed by atoms with Gasteiger partial charge in [-0.3, -0.25) is 0 Å². The maximum atomic E-state index is 11.4. The summed E-state index contributed by atoms with van der Waals surface area (Å²) in [6, 6.07) is 22.7. The Morgan fingerprint density at radius 1 is 0.808 bits per heavy atom. The van der Waals surface area contributed by atoms with Crippen LogP contribution >= 0.6 is 0 Å². The van der Waals surface area contributed by atoms with Gasteiger partial charge < -0.3 is 14.6 Å². The van der Waals surface area contributed by atoms with E-state index in [1.54, 1.807) is 19.1 Å². The minimum absolute atomic E-state index is 0.208. The third-order valence-electron chi connectivity index (χ3n) is 4.06. The van der Waals surface area contributed by atoms with E-state index < -0.39 is 5.97 Å². The van der Waals surface area contributed by atoms with Gasteiger partial charge in [0.25, 0.3) is 0 Å². The first-order valence-corrected chi connectivity index (χ1v) is 8.35. The molecule has 3 aromatic rings. The van der Waals surface area contributed by atoms with Crippen LogP contribution in [0.25, 0.3) is 0 Å². The maximum Gasteiger partial charge on any atom is 0.336 e. The van der Waals surface area contributed by atoms with E-state index in [0.29, 0.717) is 30.3 Å². The Morgan fingerprint density at radius 3 is 1.88 bits per heavy atom. The summed E-state index contributed by atoms with van der Waals surface area (Å²) in [6.45, 7) is 2.46. The SMILES string of the molecule is Cc1c(C(=O)O)ccc(OCc2ccccc2)c1OCc1ccccc1. The molecule has 132 valence electrons.